The number of aryl methyl sites for hydroxylation is 2. The highest BCUT2D eigenvalue weighted by molar-refractivity contribution is 5.92. The predicted molar refractivity (Wildman–Crippen MR) is 149 cm³/mol. The number of carbonyl (C=O) groups excluding carboxylic acids is 1. The van der Waals surface area contributed by atoms with E-state index in [2.05, 4.69) is 0 Å². The van der Waals surface area contributed by atoms with Crippen LogP contribution in [0.2, 0.25) is 0 Å². The molecule has 0 bridgehead atoms. The summed E-state index contributed by atoms with van der Waals surface area (Å²) in [5.74, 6) is -3.10. The van der Waals surface area contributed by atoms with E-state index in [-0.39, 0.29) is 40.1 Å². The molecule has 0 aliphatic carbocycles. The summed E-state index contributed by atoms with van der Waals surface area (Å²) in [4.78, 5) is 27.5. The molecule has 10 heteroatoms. The molecule has 0 radical (unpaired) electrons. The van der Waals surface area contributed by atoms with Crippen LogP contribution >= 0.6 is 0 Å². The first-order valence-corrected chi connectivity index (χ1v) is 13.8. The summed E-state index contributed by atoms with van der Waals surface area (Å²) in [6, 6.07) is 16.0. The molecule has 2 heterocycles. The van der Waals surface area contributed by atoms with E-state index in [1.54, 1.807) is 36.4 Å². The SMILES string of the molecule is CCCc1ccc(Oc2c(C(F)(F)F)oc3c(C[NH+]4CCOCC4)c(OC(=O)c4ccc(C)cc4)ccc3c2=O)cc1. The summed E-state index contributed by atoms with van der Waals surface area (Å²) in [7, 11) is 0. The van der Waals surface area contributed by atoms with E-state index in [9.17, 15) is 22.8 Å². The van der Waals surface area contributed by atoms with Crippen LogP contribution in [0, 0.1) is 6.92 Å². The van der Waals surface area contributed by atoms with Crippen LogP contribution in [0.3, 0.4) is 0 Å². The number of alkyl halides is 3. The number of ether oxygens (including phenoxy) is 3. The topological polar surface area (TPSA) is 79.4 Å². The average Bonchev–Trinajstić information content (AvgIpc) is 2.97. The van der Waals surface area contributed by atoms with E-state index in [0.717, 1.165) is 28.9 Å². The second-order valence-corrected chi connectivity index (χ2v) is 10.3. The zero-order valence-corrected chi connectivity index (χ0v) is 23.3. The van der Waals surface area contributed by atoms with Crippen LogP contribution in [0.4, 0.5) is 13.2 Å². The Morgan fingerprint density at radius 3 is 2.31 bits per heavy atom. The standard InChI is InChI=1S/C32H30F3NO6/c1-3-4-21-7-11-23(12-8-21)40-29-27(37)24-13-14-26(41-31(38)22-9-5-20(2)6-10-22)25(19-36-15-17-39-18-16-36)28(24)42-30(29)32(33,34)35/h5-14H,3-4,15-19H2,1-2H3/p+1. The summed E-state index contributed by atoms with van der Waals surface area (Å²) in [6.45, 7) is 6.12. The molecule has 1 N–H and O–H groups in total. The highest BCUT2D eigenvalue weighted by Crippen LogP contribution is 2.40. The summed E-state index contributed by atoms with van der Waals surface area (Å²) in [5.41, 5.74) is 1.13. The van der Waals surface area contributed by atoms with Gasteiger partial charge < -0.3 is 23.5 Å². The Balaban J connectivity index is 1.62. The van der Waals surface area contributed by atoms with Crippen molar-refractivity contribution in [1.29, 1.82) is 0 Å². The predicted octanol–water partition coefficient (Wildman–Crippen LogP) is 5.50. The molecule has 220 valence electrons. The molecular formula is C32H31F3NO6+. The van der Waals surface area contributed by atoms with Crippen LogP contribution in [0.5, 0.6) is 17.2 Å². The highest BCUT2D eigenvalue weighted by Gasteiger charge is 2.41. The minimum Gasteiger partial charge on any atom is -0.449 e. The number of benzene rings is 3. The van der Waals surface area contributed by atoms with Gasteiger partial charge in [0.15, 0.2) is 5.58 Å². The van der Waals surface area contributed by atoms with Crippen molar-refractivity contribution in [2.24, 2.45) is 0 Å². The number of fused-ring (bicyclic) bond motifs is 1. The van der Waals surface area contributed by atoms with Gasteiger partial charge >= 0.3 is 12.1 Å². The molecule has 0 amide bonds. The number of hydrogen-bond acceptors (Lipinski definition) is 6. The molecule has 1 saturated heterocycles. The van der Waals surface area contributed by atoms with Crippen LogP contribution in [-0.4, -0.2) is 32.3 Å². The van der Waals surface area contributed by atoms with E-state index >= 15 is 0 Å². The van der Waals surface area contributed by atoms with Crippen molar-refractivity contribution in [3.8, 4) is 17.2 Å². The molecule has 0 unspecified atom stereocenters. The maximum absolute atomic E-state index is 14.4. The van der Waals surface area contributed by atoms with Crippen molar-refractivity contribution in [3.05, 3.63) is 98.9 Å². The molecule has 5 rings (SSSR count). The molecular weight excluding hydrogens is 551 g/mol. The van der Waals surface area contributed by atoms with Crippen LogP contribution in [-0.2, 0) is 23.9 Å². The summed E-state index contributed by atoms with van der Waals surface area (Å²) < 4.78 is 65.2. The van der Waals surface area contributed by atoms with Gasteiger partial charge in [-0.3, -0.25) is 4.79 Å². The highest BCUT2D eigenvalue weighted by atomic mass is 19.4. The van der Waals surface area contributed by atoms with Gasteiger partial charge in [-0.15, -0.1) is 0 Å². The monoisotopic (exact) mass is 582 g/mol. The quantitative estimate of drug-likeness (QED) is 0.218. The molecule has 1 aromatic heterocycles. The lowest BCUT2D eigenvalue weighted by atomic mass is 10.1. The Labute approximate surface area is 240 Å². The number of halogens is 3. The Bertz CT molecular complexity index is 1620. The van der Waals surface area contributed by atoms with E-state index in [1.165, 1.54) is 24.3 Å². The molecule has 1 aliphatic heterocycles. The lowest BCUT2D eigenvalue weighted by molar-refractivity contribution is -0.921. The normalized spacial score (nSPS) is 14.2. The number of morpholine rings is 1. The van der Waals surface area contributed by atoms with Gasteiger partial charge in [0, 0.05) is 0 Å². The van der Waals surface area contributed by atoms with Crippen molar-refractivity contribution in [3.63, 3.8) is 0 Å². The van der Waals surface area contributed by atoms with E-state index in [1.807, 2.05) is 13.8 Å². The summed E-state index contributed by atoms with van der Waals surface area (Å²) in [5, 5.41) is -0.113. The van der Waals surface area contributed by atoms with Crippen molar-refractivity contribution in [2.45, 2.75) is 39.4 Å². The number of nitrogens with one attached hydrogen (secondary N) is 1. The molecule has 3 aromatic carbocycles. The van der Waals surface area contributed by atoms with Crippen molar-refractivity contribution in [2.75, 3.05) is 26.3 Å². The van der Waals surface area contributed by atoms with Gasteiger partial charge in [0.05, 0.1) is 29.7 Å². The first-order chi connectivity index (χ1) is 20.1. The minimum atomic E-state index is -5.04. The largest absolute Gasteiger partial charge is 0.453 e. The molecule has 0 atom stereocenters. The second-order valence-electron chi connectivity index (χ2n) is 10.3. The third-order valence-electron chi connectivity index (χ3n) is 7.13. The first-order valence-electron chi connectivity index (χ1n) is 13.8. The average molecular weight is 583 g/mol. The fraction of sp³-hybridized carbons (Fsp3) is 0.312. The third-order valence-corrected chi connectivity index (χ3v) is 7.13. The second kappa shape index (κ2) is 12.4. The number of hydrogen-bond donors (Lipinski definition) is 1. The van der Waals surface area contributed by atoms with Gasteiger partial charge in [-0.05, 0) is 55.3 Å². The molecule has 4 aromatic rings. The minimum absolute atomic E-state index is 0.0172. The maximum atomic E-state index is 14.4. The Morgan fingerprint density at radius 1 is 0.976 bits per heavy atom. The van der Waals surface area contributed by atoms with Gasteiger partial charge in [0.25, 0.3) is 5.76 Å². The van der Waals surface area contributed by atoms with Crippen LogP contribution in [0.1, 0.15) is 46.2 Å². The van der Waals surface area contributed by atoms with Gasteiger partial charge in [-0.25, -0.2) is 4.79 Å². The van der Waals surface area contributed by atoms with Gasteiger partial charge in [-0.2, -0.15) is 13.2 Å². The van der Waals surface area contributed by atoms with E-state index in [4.69, 9.17) is 18.6 Å². The lowest BCUT2D eigenvalue weighted by Gasteiger charge is -2.25. The number of carbonyl (C=O) groups is 1. The Hall–Kier alpha value is -4.15. The van der Waals surface area contributed by atoms with Gasteiger partial charge in [0.2, 0.25) is 11.2 Å². The molecule has 0 spiro atoms. The first kappa shape index (κ1) is 29.3. The van der Waals surface area contributed by atoms with Crippen LogP contribution in [0.25, 0.3) is 11.0 Å². The third kappa shape index (κ3) is 6.50. The molecule has 1 fully saturated rings. The van der Waals surface area contributed by atoms with Crippen molar-refractivity contribution in [1.82, 2.24) is 0 Å². The molecule has 42 heavy (non-hydrogen) atoms. The fourth-order valence-corrected chi connectivity index (χ4v) is 4.89. The Morgan fingerprint density at radius 2 is 1.67 bits per heavy atom. The molecule has 7 nitrogen and oxygen atoms in total. The summed E-state index contributed by atoms with van der Waals surface area (Å²) >= 11 is 0. The smallest absolute Gasteiger partial charge is 0.449 e. The summed E-state index contributed by atoms with van der Waals surface area (Å²) in [6.07, 6.45) is -3.33. The van der Waals surface area contributed by atoms with Gasteiger partial charge in [0.1, 0.15) is 31.1 Å². The fourth-order valence-electron chi connectivity index (χ4n) is 4.89. The molecule has 1 aliphatic rings. The van der Waals surface area contributed by atoms with Crippen molar-refractivity contribution < 1.29 is 41.5 Å². The lowest BCUT2D eigenvalue weighted by Crippen LogP contribution is -3.12. The zero-order chi connectivity index (χ0) is 29.9. The van der Waals surface area contributed by atoms with Gasteiger partial charge in [-0.1, -0.05) is 43.2 Å². The van der Waals surface area contributed by atoms with Crippen LogP contribution in [0.15, 0.2) is 69.9 Å². The number of rotatable bonds is 8. The van der Waals surface area contributed by atoms with Crippen molar-refractivity contribution >= 4 is 16.9 Å². The van der Waals surface area contributed by atoms with E-state index < -0.39 is 29.1 Å². The Kier molecular flexibility index (Phi) is 8.65. The zero-order valence-electron chi connectivity index (χ0n) is 23.3. The van der Waals surface area contributed by atoms with E-state index in [0.29, 0.717) is 26.3 Å². The maximum Gasteiger partial charge on any atom is 0.453 e. The van der Waals surface area contributed by atoms with Crippen LogP contribution < -0.4 is 19.8 Å². The number of esters is 1. The number of quaternary nitrogens is 1. The molecule has 0 saturated carbocycles.